The van der Waals surface area contributed by atoms with E-state index in [2.05, 4.69) is 31.7 Å². The number of carbonyl (C=O) groups is 2. The molecule has 5 nitrogen and oxygen atoms in total. The summed E-state index contributed by atoms with van der Waals surface area (Å²) in [7, 11) is 0. The maximum absolute atomic E-state index is 12.6. The predicted molar refractivity (Wildman–Crippen MR) is 137 cm³/mol. The fourth-order valence-electron chi connectivity index (χ4n) is 9.50. The number of ketones is 1. The lowest BCUT2D eigenvalue weighted by molar-refractivity contribution is -0.166. The van der Waals surface area contributed by atoms with E-state index in [1.807, 2.05) is 0 Å². The summed E-state index contributed by atoms with van der Waals surface area (Å²) in [6, 6.07) is 0. The average molecular weight is 486 g/mol. The zero-order valence-electron chi connectivity index (χ0n) is 22.5. The van der Waals surface area contributed by atoms with Gasteiger partial charge in [0.15, 0.2) is 5.78 Å². The Bertz CT molecular complexity index is 878. The van der Waals surface area contributed by atoms with Crippen molar-refractivity contribution in [1.29, 1.82) is 0 Å². The van der Waals surface area contributed by atoms with Crippen molar-refractivity contribution < 1.29 is 19.4 Å². The standard InChI is InChI=1S/C30H47NO4/c1-20-18-26-24-9-8-22-19-23(35-27(33)12-17-31-15-6-5-7-16-31)10-13-28(22,3)25(24)11-14-29(26,4)30(20,34)21(2)32/h8,20,23-26,34H,5-7,9-19H2,1-4H3/t20-,23-,24-,25+,26-,28+,29+,30+/m1/s1. The van der Waals surface area contributed by atoms with Gasteiger partial charge in [0, 0.05) is 18.4 Å². The van der Waals surface area contributed by atoms with Crippen LogP contribution in [-0.4, -0.2) is 53.1 Å². The minimum absolute atomic E-state index is 0.0166. The number of aliphatic hydroxyl groups is 1. The summed E-state index contributed by atoms with van der Waals surface area (Å²) in [6.45, 7) is 11.4. The van der Waals surface area contributed by atoms with Crippen LogP contribution >= 0.6 is 0 Å². The molecule has 0 aromatic rings. The number of ether oxygens (including phenoxy) is 1. The summed E-state index contributed by atoms with van der Waals surface area (Å²) >= 11 is 0. The van der Waals surface area contributed by atoms with Gasteiger partial charge >= 0.3 is 5.97 Å². The smallest absolute Gasteiger partial charge is 0.307 e. The molecule has 4 fully saturated rings. The first-order chi connectivity index (χ1) is 16.6. The van der Waals surface area contributed by atoms with Gasteiger partial charge in [-0.3, -0.25) is 9.59 Å². The zero-order valence-corrected chi connectivity index (χ0v) is 22.5. The van der Waals surface area contributed by atoms with E-state index in [1.165, 1.54) is 24.8 Å². The Hall–Kier alpha value is -1.20. The zero-order chi connectivity index (χ0) is 25.0. The van der Waals surface area contributed by atoms with Crippen molar-refractivity contribution in [2.45, 2.75) is 110 Å². The van der Waals surface area contributed by atoms with E-state index in [-0.39, 0.29) is 34.6 Å². The molecule has 0 bridgehead atoms. The molecular formula is C30H47NO4. The molecule has 0 radical (unpaired) electrons. The molecule has 8 atom stereocenters. The second kappa shape index (κ2) is 9.28. The van der Waals surface area contributed by atoms with Crippen LogP contribution < -0.4 is 0 Å². The Kier molecular flexibility index (Phi) is 6.74. The first kappa shape index (κ1) is 25.4. The number of likely N-dealkylation sites (tertiary alicyclic amines) is 1. The van der Waals surface area contributed by atoms with Crippen LogP contribution in [0.15, 0.2) is 11.6 Å². The highest BCUT2D eigenvalue weighted by molar-refractivity contribution is 5.86. The third-order valence-corrected chi connectivity index (χ3v) is 11.6. The van der Waals surface area contributed by atoms with E-state index in [4.69, 9.17) is 4.74 Å². The number of nitrogens with zero attached hydrogens (tertiary/aromatic N) is 1. The van der Waals surface area contributed by atoms with Crippen molar-refractivity contribution >= 4 is 11.8 Å². The van der Waals surface area contributed by atoms with Gasteiger partial charge in [-0.25, -0.2) is 0 Å². The monoisotopic (exact) mass is 485 g/mol. The van der Waals surface area contributed by atoms with Gasteiger partial charge in [-0.2, -0.15) is 0 Å². The lowest BCUT2D eigenvalue weighted by Gasteiger charge is -2.58. The number of hydrogen-bond donors (Lipinski definition) is 1. The Balaban J connectivity index is 1.24. The summed E-state index contributed by atoms with van der Waals surface area (Å²) in [5.74, 6) is 1.46. The molecule has 1 aliphatic heterocycles. The van der Waals surface area contributed by atoms with Crippen LogP contribution in [0.2, 0.25) is 0 Å². The molecule has 5 heteroatoms. The number of fused-ring (bicyclic) bond motifs is 5. The third-order valence-electron chi connectivity index (χ3n) is 11.6. The maximum Gasteiger partial charge on any atom is 0.307 e. The molecule has 0 aromatic carbocycles. The molecule has 1 heterocycles. The van der Waals surface area contributed by atoms with Crippen molar-refractivity contribution in [1.82, 2.24) is 4.90 Å². The van der Waals surface area contributed by atoms with Crippen LogP contribution in [0, 0.1) is 34.5 Å². The molecule has 1 N–H and O–H groups in total. The topological polar surface area (TPSA) is 66.8 Å². The number of rotatable bonds is 5. The number of piperidine rings is 1. The van der Waals surface area contributed by atoms with Crippen molar-refractivity contribution in [3.8, 4) is 0 Å². The van der Waals surface area contributed by atoms with Crippen LogP contribution in [0.4, 0.5) is 0 Å². The molecule has 196 valence electrons. The molecule has 0 aromatic heterocycles. The first-order valence-corrected chi connectivity index (χ1v) is 14.4. The average Bonchev–Trinajstić information content (AvgIpc) is 3.05. The Labute approximate surface area is 212 Å². The molecule has 3 saturated carbocycles. The molecule has 1 saturated heterocycles. The fourth-order valence-corrected chi connectivity index (χ4v) is 9.50. The quantitative estimate of drug-likeness (QED) is 0.423. The van der Waals surface area contributed by atoms with Gasteiger partial charge in [-0.05, 0) is 100 Å². The van der Waals surface area contributed by atoms with Crippen LogP contribution in [0.5, 0.6) is 0 Å². The van der Waals surface area contributed by atoms with Crippen molar-refractivity contribution in [3.63, 3.8) is 0 Å². The molecule has 5 rings (SSSR count). The Morgan fingerprint density at radius 2 is 1.86 bits per heavy atom. The van der Waals surface area contributed by atoms with Gasteiger partial charge in [0.25, 0.3) is 0 Å². The number of esters is 1. The Morgan fingerprint density at radius 3 is 2.57 bits per heavy atom. The van der Waals surface area contributed by atoms with Crippen LogP contribution in [0.1, 0.15) is 98.3 Å². The highest BCUT2D eigenvalue weighted by Crippen LogP contribution is 2.68. The molecular weight excluding hydrogens is 438 g/mol. The molecule has 0 unspecified atom stereocenters. The summed E-state index contributed by atoms with van der Waals surface area (Å²) in [5, 5.41) is 11.6. The second-order valence-electron chi connectivity index (χ2n) is 13.2. The van der Waals surface area contributed by atoms with E-state index < -0.39 is 5.60 Å². The second-order valence-corrected chi connectivity index (χ2v) is 13.2. The highest BCUT2D eigenvalue weighted by Gasteiger charge is 2.67. The van der Waals surface area contributed by atoms with Gasteiger partial charge in [-0.15, -0.1) is 0 Å². The summed E-state index contributed by atoms with van der Waals surface area (Å²) in [6.07, 6.45) is 13.7. The third kappa shape index (κ3) is 4.04. The van der Waals surface area contributed by atoms with E-state index in [1.54, 1.807) is 6.92 Å². The van der Waals surface area contributed by atoms with Crippen LogP contribution in [0.3, 0.4) is 0 Å². The molecule has 5 aliphatic rings. The van der Waals surface area contributed by atoms with Gasteiger partial charge in [0.1, 0.15) is 11.7 Å². The number of carbonyl (C=O) groups excluding carboxylic acids is 2. The van der Waals surface area contributed by atoms with E-state index in [0.717, 1.165) is 64.6 Å². The summed E-state index contributed by atoms with van der Waals surface area (Å²) in [4.78, 5) is 27.7. The number of hydrogen-bond acceptors (Lipinski definition) is 5. The van der Waals surface area contributed by atoms with Crippen molar-refractivity contribution in [2.75, 3.05) is 19.6 Å². The number of Topliss-reactive ketones (excluding diaryl/α,β-unsaturated/α-hetero) is 1. The predicted octanol–water partition coefficient (Wildman–Crippen LogP) is 5.30. The fraction of sp³-hybridized carbons (Fsp3) is 0.867. The lowest BCUT2D eigenvalue weighted by Crippen LogP contribution is -2.58. The van der Waals surface area contributed by atoms with Crippen LogP contribution in [0.25, 0.3) is 0 Å². The van der Waals surface area contributed by atoms with Crippen LogP contribution in [-0.2, 0) is 14.3 Å². The first-order valence-electron chi connectivity index (χ1n) is 14.4. The molecule has 0 spiro atoms. The minimum atomic E-state index is -1.19. The van der Waals surface area contributed by atoms with Gasteiger partial charge in [0.2, 0.25) is 0 Å². The van der Waals surface area contributed by atoms with Gasteiger partial charge in [0.05, 0.1) is 6.42 Å². The minimum Gasteiger partial charge on any atom is -0.462 e. The SMILES string of the molecule is CC(=O)[C@@]1(O)[C@H](C)C[C@@H]2[C@@H]3CC=C4C[C@H](OC(=O)CCN5CCCCC5)CC[C@]4(C)[C@H]3CC[C@@]21C. The van der Waals surface area contributed by atoms with E-state index >= 15 is 0 Å². The lowest BCUT2D eigenvalue weighted by atomic mass is 9.46. The van der Waals surface area contributed by atoms with Crippen molar-refractivity contribution in [3.05, 3.63) is 11.6 Å². The Morgan fingerprint density at radius 1 is 1.11 bits per heavy atom. The molecule has 35 heavy (non-hydrogen) atoms. The largest absolute Gasteiger partial charge is 0.462 e. The van der Waals surface area contributed by atoms with E-state index in [0.29, 0.717) is 24.2 Å². The summed E-state index contributed by atoms with van der Waals surface area (Å²) in [5.41, 5.74) is 0.145. The van der Waals surface area contributed by atoms with Gasteiger partial charge in [-0.1, -0.05) is 38.8 Å². The molecule has 0 amide bonds. The number of allylic oxidation sites excluding steroid dienone is 1. The highest BCUT2D eigenvalue weighted by atomic mass is 16.5. The summed E-state index contributed by atoms with van der Waals surface area (Å²) < 4.78 is 5.99. The maximum atomic E-state index is 12.6. The normalized spacial score (nSPS) is 45.6. The van der Waals surface area contributed by atoms with Gasteiger partial charge < -0.3 is 14.7 Å². The van der Waals surface area contributed by atoms with E-state index in [9.17, 15) is 14.7 Å². The molecule has 4 aliphatic carbocycles. The van der Waals surface area contributed by atoms with Crippen molar-refractivity contribution in [2.24, 2.45) is 34.5 Å².